The second kappa shape index (κ2) is 9.27. The van der Waals surface area contributed by atoms with Gasteiger partial charge in [0.1, 0.15) is 23.7 Å². The average Bonchev–Trinajstić information content (AvgIpc) is 3.40. The second-order valence-electron chi connectivity index (χ2n) is 8.79. The number of fused-ring (bicyclic) bond motifs is 1. The van der Waals surface area contributed by atoms with Crippen LogP contribution < -0.4 is 9.80 Å². The lowest BCUT2D eigenvalue weighted by Crippen LogP contribution is -2.25. The normalized spacial score (nSPS) is 13.3. The molecule has 33 heavy (non-hydrogen) atoms. The summed E-state index contributed by atoms with van der Waals surface area (Å²) >= 11 is 0. The number of aromatic nitrogens is 5. The highest BCUT2D eigenvalue weighted by atomic mass is 16.2. The summed E-state index contributed by atoms with van der Waals surface area (Å²) in [4.78, 5) is 29.3. The molecule has 3 aromatic rings. The van der Waals surface area contributed by atoms with E-state index >= 15 is 0 Å². The maximum atomic E-state index is 13.6. The number of hydrogen-bond donors (Lipinski definition) is 0. The van der Waals surface area contributed by atoms with Crippen LogP contribution in [0.5, 0.6) is 0 Å². The van der Waals surface area contributed by atoms with Gasteiger partial charge < -0.3 is 14.4 Å². The van der Waals surface area contributed by atoms with Gasteiger partial charge in [0.25, 0.3) is 5.91 Å². The molecule has 0 unspecified atom stereocenters. The second-order valence-corrected chi connectivity index (χ2v) is 8.79. The van der Waals surface area contributed by atoms with Crippen LogP contribution >= 0.6 is 0 Å². The maximum Gasteiger partial charge on any atom is 0.260 e. The van der Waals surface area contributed by atoms with Crippen LogP contribution in [0.4, 0.5) is 11.6 Å². The molecule has 1 aliphatic rings. The predicted octanol–water partition coefficient (Wildman–Crippen LogP) is 3.38. The van der Waals surface area contributed by atoms with Gasteiger partial charge in [0.05, 0.1) is 17.8 Å². The van der Waals surface area contributed by atoms with Gasteiger partial charge >= 0.3 is 0 Å². The zero-order chi connectivity index (χ0) is 23.7. The van der Waals surface area contributed by atoms with E-state index < -0.39 is 0 Å². The standard InChI is InChI=1S/C24H32N8O/c1-7-30(8-2)22-12-17-18(20(27-22)14-29(5)6)13-31(24(17)33)21-11-9-10-19(26-21)23-28-25-15-32(23)16(3)4/h9-12,15-16H,7-8,13-14H2,1-6H3. The summed E-state index contributed by atoms with van der Waals surface area (Å²) in [7, 11) is 4.03. The Bertz CT molecular complexity index is 1150. The van der Waals surface area contributed by atoms with Crippen molar-refractivity contribution in [1.29, 1.82) is 0 Å². The van der Waals surface area contributed by atoms with Crippen LogP contribution in [0, 0.1) is 0 Å². The fourth-order valence-corrected chi connectivity index (χ4v) is 4.18. The Kier molecular flexibility index (Phi) is 6.42. The smallest absolute Gasteiger partial charge is 0.260 e. The van der Waals surface area contributed by atoms with E-state index in [1.54, 1.807) is 11.2 Å². The molecule has 0 aliphatic carbocycles. The third kappa shape index (κ3) is 4.32. The molecule has 174 valence electrons. The molecule has 0 bridgehead atoms. The van der Waals surface area contributed by atoms with Crippen LogP contribution in [0.2, 0.25) is 0 Å². The Morgan fingerprint density at radius 1 is 1.12 bits per heavy atom. The average molecular weight is 449 g/mol. The Balaban J connectivity index is 1.74. The number of carbonyl (C=O) groups is 1. The van der Waals surface area contributed by atoms with Crippen molar-refractivity contribution in [1.82, 2.24) is 29.6 Å². The number of hydrogen-bond acceptors (Lipinski definition) is 7. The minimum absolute atomic E-state index is 0.0456. The molecule has 0 N–H and O–H groups in total. The molecule has 0 fully saturated rings. The molecular weight excluding hydrogens is 416 g/mol. The van der Waals surface area contributed by atoms with Gasteiger partial charge in [-0.15, -0.1) is 10.2 Å². The molecule has 9 nitrogen and oxygen atoms in total. The molecule has 4 heterocycles. The first-order valence-electron chi connectivity index (χ1n) is 11.4. The van der Waals surface area contributed by atoms with Crippen LogP contribution in [-0.2, 0) is 13.1 Å². The van der Waals surface area contributed by atoms with E-state index in [2.05, 4.69) is 47.7 Å². The summed E-state index contributed by atoms with van der Waals surface area (Å²) in [6.07, 6.45) is 1.71. The number of rotatable bonds is 8. The molecule has 1 amide bonds. The highest BCUT2D eigenvalue weighted by Crippen LogP contribution is 2.33. The summed E-state index contributed by atoms with van der Waals surface area (Å²) in [5.41, 5.74) is 3.31. The van der Waals surface area contributed by atoms with E-state index in [0.29, 0.717) is 36.0 Å². The van der Waals surface area contributed by atoms with E-state index in [-0.39, 0.29) is 11.9 Å². The lowest BCUT2D eigenvalue weighted by molar-refractivity contribution is 0.0996. The first-order valence-corrected chi connectivity index (χ1v) is 11.4. The van der Waals surface area contributed by atoms with Gasteiger partial charge in [-0.3, -0.25) is 9.69 Å². The number of pyridine rings is 2. The zero-order valence-corrected chi connectivity index (χ0v) is 20.3. The topological polar surface area (TPSA) is 83.3 Å². The molecular formula is C24H32N8O. The van der Waals surface area contributed by atoms with Gasteiger partial charge in [-0.2, -0.15) is 0 Å². The van der Waals surface area contributed by atoms with Crippen molar-refractivity contribution in [2.45, 2.75) is 46.8 Å². The highest BCUT2D eigenvalue weighted by Gasteiger charge is 2.33. The zero-order valence-electron chi connectivity index (χ0n) is 20.3. The van der Waals surface area contributed by atoms with Crippen LogP contribution in [-0.4, -0.2) is 62.7 Å². The van der Waals surface area contributed by atoms with Crippen molar-refractivity contribution in [3.8, 4) is 11.5 Å². The van der Waals surface area contributed by atoms with Gasteiger partial charge in [0.15, 0.2) is 5.82 Å². The van der Waals surface area contributed by atoms with Crippen LogP contribution in [0.15, 0.2) is 30.6 Å². The lowest BCUT2D eigenvalue weighted by Gasteiger charge is -2.22. The first kappa shape index (κ1) is 22.8. The van der Waals surface area contributed by atoms with E-state index in [4.69, 9.17) is 9.97 Å². The molecule has 0 saturated heterocycles. The van der Waals surface area contributed by atoms with Crippen LogP contribution in [0.3, 0.4) is 0 Å². The molecule has 1 aliphatic heterocycles. The Labute approximate surface area is 195 Å². The van der Waals surface area contributed by atoms with Gasteiger partial charge in [-0.1, -0.05) is 6.07 Å². The van der Waals surface area contributed by atoms with Crippen molar-refractivity contribution in [3.05, 3.63) is 47.4 Å². The predicted molar refractivity (Wildman–Crippen MR) is 129 cm³/mol. The van der Waals surface area contributed by atoms with Crippen molar-refractivity contribution in [2.24, 2.45) is 0 Å². The molecule has 0 radical (unpaired) electrons. The number of nitrogens with zero attached hydrogens (tertiary/aromatic N) is 8. The molecule has 4 rings (SSSR count). The number of amides is 1. The minimum atomic E-state index is -0.0456. The fraction of sp³-hybridized carbons (Fsp3) is 0.458. The quantitative estimate of drug-likeness (QED) is 0.522. The van der Waals surface area contributed by atoms with Gasteiger partial charge in [0.2, 0.25) is 0 Å². The van der Waals surface area contributed by atoms with Gasteiger partial charge in [-0.25, -0.2) is 9.97 Å². The third-order valence-electron chi connectivity index (χ3n) is 5.91. The summed E-state index contributed by atoms with van der Waals surface area (Å²) < 4.78 is 1.97. The van der Waals surface area contributed by atoms with E-state index in [9.17, 15) is 4.79 Å². The lowest BCUT2D eigenvalue weighted by atomic mass is 10.1. The Morgan fingerprint density at radius 2 is 1.88 bits per heavy atom. The minimum Gasteiger partial charge on any atom is -0.357 e. The summed E-state index contributed by atoms with van der Waals surface area (Å²) in [5, 5.41) is 8.31. The molecule has 0 atom stereocenters. The summed E-state index contributed by atoms with van der Waals surface area (Å²) in [6.45, 7) is 11.1. The van der Waals surface area contributed by atoms with Crippen LogP contribution in [0.1, 0.15) is 55.4 Å². The largest absolute Gasteiger partial charge is 0.357 e. The van der Waals surface area contributed by atoms with Crippen molar-refractivity contribution < 1.29 is 4.79 Å². The van der Waals surface area contributed by atoms with E-state index in [0.717, 1.165) is 30.2 Å². The van der Waals surface area contributed by atoms with Crippen molar-refractivity contribution >= 4 is 17.5 Å². The highest BCUT2D eigenvalue weighted by molar-refractivity contribution is 6.10. The van der Waals surface area contributed by atoms with Gasteiger partial charge in [-0.05, 0) is 60.0 Å². The monoisotopic (exact) mass is 448 g/mol. The summed E-state index contributed by atoms with van der Waals surface area (Å²) in [6, 6.07) is 7.82. The number of anilines is 2. The Hall–Kier alpha value is -3.33. The Morgan fingerprint density at radius 3 is 2.55 bits per heavy atom. The van der Waals surface area contributed by atoms with Crippen LogP contribution in [0.25, 0.3) is 11.5 Å². The molecule has 0 aromatic carbocycles. The molecule has 3 aromatic heterocycles. The molecule has 9 heteroatoms. The molecule has 0 spiro atoms. The van der Waals surface area contributed by atoms with Crippen molar-refractivity contribution in [3.63, 3.8) is 0 Å². The van der Waals surface area contributed by atoms with Gasteiger partial charge in [0, 0.05) is 31.2 Å². The first-order chi connectivity index (χ1) is 15.8. The SMILES string of the molecule is CCN(CC)c1cc2c(c(CN(C)C)n1)CN(c1cccc(-c3nncn3C(C)C)n1)C2=O. The maximum absolute atomic E-state index is 13.6. The van der Waals surface area contributed by atoms with Crippen molar-refractivity contribution in [2.75, 3.05) is 37.0 Å². The molecule has 0 saturated carbocycles. The third-order valence-corrected chi connectivity index (χ3v) is 5.91. The van der Waals surface area contributed by atoms with E-state index in [1.807, 2.05) is 42.9 Å². The van der Waals surface area contributed by atoms with E-state index in [1.165, 1.54) is 0 Å². The fourth-order valence-electron chi connectivity index (χ4n) is 4.18. The number of carbonyl (C=O) groups excluding carboxylic acids is 1. The summed E-state index contributed by atoms with van der Waals surface area (Å²) in [5.74, 6) is 2.09.